The zero-order chi connectivity index (χ0) is 15.2. The Hall–Kier alpha value is -2.54. The van der Waals surface area contributed by atoms with Crippen LogP contribution in [-0.2, 0) is 22.6 Å². The first kappa shape index (κ1) is 14.9. The van der Waals surface area contributed by atoms with E-state index in [1.54, 1.807) is 6.92 Å². The van der Waals surface area contributed by atoms with Crippen LogP contribution in [0.15, 0.2) is 36.5 Å². The zero-order valence-corrected chi connectivity index (χ0v) is 11.6. The Morgan fingerprint density at radius 3 is 2.62 bits per heavy atom. The molecule has 0 radical (unpaired) electrons. The lowest BCUT2D eigenvalue weighted by Gasteiger charge is -2.04. The molecule has 110 valence electrons. The van der Waals surface area contributed by atoms with E-state index >= 15 is 0 Å². The minimum Gasteiger partial charge on any atom is -0.387 e. The standard InChI is InChI=1S/C14H16N4O3/c1-10(19)12-8-18(17-16-12)9-14(21)15-13(20)7-11-5-3-2-4-6-11/h2-6,8,10,19H,7,9H2,1H3,(H,15,20,21). The first-order chi connectivity index (χ1) is 10.0. The molecule has 0 saturated carbocycles. The summed E-state index contributed by atoms with van der Waals surface area (Å²) >= 11 is 0. The predicted octanol–water partition coefficient (Wildman–Crippen LogP) is 0.217. The number of aliphatic hydroxyl groups excluding tert-OH is 1. The minimum atomic E-state index is -0.749. The topological polar surface area (TPSA) is 97.1 Å². The van der Waals surface area contributed by atoms with Crippen LogP contribution in [0.2, 0.25) is 0 Å². The Balaban J connectivity index is 1.85. The molecule has 7 nitrogen and oxygen atoms in total. The lowest BCUT2D eigenvalue weighted by atomic mass is 10.1. The van der Waals surface area contributed by atoms with Gasteiger partial charge in [0.25, 0.3) is 0 Å². The number of rotatable bonds is 5. The monoisotopic (exact) mass is 288 g/mol. The van der Waals surface area contributed by atoms with Crippen LogP contribution in [0.1, 0.15) is 24.3 Å². The van der Waals surface area contributed by atoms with Crippen LogP contribution < -0.4 is 5.32 Å². The maximum absolute atomic E-state index is 11.7. The molecule has 0 aliphatic rings. The molecule has 1 aromatic heterocycles. The molecule has 0 fully saturated rings. The molecular formula is C14H16N4O3. The average molecular weight is 288 g/mol. The molecule has 2 amide bonds. The third-order valence-electron chi connectivity index (χ3n) is 2.78. The summed E-state index contributed by atoms with van der Waals surface area (Å²) in [6.07, 6.45) is 0.857. The third kappa shape index (κ3) is 4.50. The number of carbonyl (C=O) groups is 2. The molecular weight excluding hydrogens is 272 g/mol. The third-order valence-corrected chi connectivity index (χ3v) is 2.78. The van der Waals surface area contributed by atoms with Crippen molar-refractivity contribution in [2.45, 2.75) is 26.0 Å². The van der Waals surface area contributed by atoms with Gasteiger partial charge in [0.2, 0.25) is 11.8 Å². The lowest BCUT2D eigenvalue weighted by Crippen LogP contribution is -2.34. The molecule has 0 spiro atoms. The summed E-state index contributed by atoms with van der Waals surface area (Å²) in [6.45, 7) is 1.43. The Kier molecular flexibility index (Phi) is 4.78. The average Bonchev–Trinajstić information content (AvgIpc) is 2.88. The molecule has 7 heteroatoms. The van der Waals surface area contributed by atoms with E-state index in [4.69, 9.17) is 0 Å². The molecule has 1 unspecified atom stereocenters. The van der Waals surface area contributed by atoms with Crippen molar-refractivity contribution in [2.24, 2.45) is 0 Å². The second kappa shape index (κ2) is 6.76. The normalized spacial score (nSPS) is 11.9. The summed E-state index contributed by atoms with van der Waals surface area (Å²) in [5.41, 5.74) is 1.21. The van der Waals surface area contributed by atoms with Gasteiger partial charge in [0.15, 0.2) is 0 Å². The number of benzene rings is 1. The Labute approximate surface area is 121 Å². The van der Waals surface area contributed by atoms with E-state index < -0.39 is 12.0 Å². The SMILES string of the molecule is CC(O)c1cn(CC(=O)NC(=O)Cc2ccccc2)nn1. The number of nitrogens with one attached hydrogen (secondary N) is 1. The van der Waals surface area contributed by atoms with Gasteiger partial charge in [-0.25, -0.2) is 4.68 Å². The van der Waals surface area contributed by atoms with Crippen LogP contribution in [0, 0.1) is 0 Å². The highest BCUT2D eigenvalue weighted by atomic mass is 16.3. The van der Waals surface area contributed by atoms with Crippen LogP contribution in [0.25, 0.3) is 0 Å². The van der Waals surface area contributed by atoms with Gasteiger partial charge in [-0.2, -0.15) is 0 Å². The van der Waals surface area contributed by atoms with Crippen LogP contribution >= 0.6 is 0 Å². The number of aromatic nitrogens is 3. The highest BCUT2D eigenvalue weighted by Crippen LogP contribution is 2.06. The van der Waals surface area contributed by atoms with E-state index in [2.05, 4.69) is 15.6 Å². The van der Waals surface area contributed by atoms with Crippen molar-refractivity contribution in [1.29, 1.82) is 0 Å². The summed E-state index contributed by atoms with van der Waals surface area (Å²) in [5.74, 6) is -0.847. The summed E-state index contributed by atoms with van der Waals surface area (Å²) in [5, 5.41) is 19.0. The fourth-order valence-electron chi connectivity index (χ4n) is 1.75. The first-order valence-corrected chi connectivity index (χ1v) is 6.49. The number of hydrogen-bond donors (Lipinski definition) is 2. The van der Waals surface area contributed by atoms with Crippen molar-refractivity contribution in [3.8, 4) is 0 Å². The van der Waals surface area contributed by atoms with Gasteiger partial charge in [0.1, 0.15) is 12.2 Å². The van der Waals surface area contributed by atoms with Gasteiger partial charge in [-0.3, -0.25) is 14.9 Å². The summed E-state index contributed by atoms with van der Waals surface area (Å²) in [4.78, 5) is 23.4. The van der Waals surface area contributed by atoms with Gasteiger partial charge in [-0.15, -0.1) is 5.10 Å². The second-order valence-electron chi connectivity index (χ2n) is 4.65. The van der Waals surface area contributed by atoms with Crippen molar-refractivity contribution >= 4 is 11.8 Å². The molecule has 0 aliphatic heterocycles. The summed E-state index contributed by atoms with van der Waals surface area (Å²) < 4.78 is 1.27. The lowest BCUT2D eigenvalue weighted by molar-refractivity contribution is -0.130. The van der Waals surface area contributed by atoms with Gasteiger partial charge < -0.3 is 5.11 Å². The largest absolute Gasteiger partial charge is 0.387 e. The number of carbonyl (C=O) groups excluding carboxylic acids is 2. The number of aliphatic hydroxyl groups is 1. The van der Waals surface area contributed by atoms with E-state index in [-0.39, 0.29) is 18.9 Å². The summed E-state index contributed by atoms with van der Waals surface area (Å²) in [7, 11) is 0. The minimum absolute atomic E-state index is 0.125. The molecule has 0 saturated heterocycles. The number of imide groups is 1. The Morgan fingerprint density at radius 1 is 1.29 bits per heavy atom. The number of amides is 2. The van der Waals surface area contributed by atoms with Gasteiger partial charge in [-0.05, 0) is 12.5 Å². The number of hydrogen-bond acceptors (Lipinski definition) is 5. The predicted molar refractivity (Wildman–Crippen MR) is 74.0 cm³/mol. The van der Waals surface area contributed by atoms with Gasteiger partial charge in [-0.1, -0.05) is 35.5 Å². The van der Waals surface area contributed by atoms with Crippen molar-refractivity contribution in [3.05, 3.63) is 47.8 Å². The van der Waals surface area contributed by atoms with Gasteiger partial charge >= 0.3 is 0 Å². The highest BCUT2D eigenvalue weighted by molar-refractivity contribution is 5.95. The first-order valence-electron chi connectivity index (χ1n) is 6.49. The second-order valence-corrected chi connectivity index (χ2v) is 4.65. The Morgan fingerprint density at radius 2 is 2.00 bits per heavy atom. The van der Waals surface area contributed by atoms with Crippen molar-refractivity contribution < 1.29 is 14.7 Å². The maximum Gasteiger partial charge on any atom is 0.248 e. The smallest absolute Gasteiger partial charge is 0.248 e. The number of nitrogens with zero attached hydrogens (tertiary/aromatic N) is 3. The molecule has 1 heterocycles. The maximum atomic E-state index is 11.7. The Bertz CT molecular complexity index is 622. The molecule has 1 atom stereocenters. The van der Waals surface area contributed by atoms with Crippen LogP contribution in [0.4, 0.5) is 0 Å². The highest BCUT2D eigenvalue weighted by Gasteiger charge is 2.12. The van der Waals surface area contributed by atoms with E-state index in [0.29, 0.717) is 5.69 Å². The molecule has 2 N–H and O–H groups in total. The molecule has 2 aromatic rings. The van der Waals surface area contributed by atoms with E-state index in [1.807, 2.05) is 30.3 Å². The van der Waals surface area contributed by atoms with Crippen molar-refractivity contribution in [3.63, 3.8) is 0 Å². The van der Waals surface area contributed by atoms with Crippen LogP contribution in [-0.4, -0.2) is 31.9 Å². The van der Waals surface area contributed by atoms with Crippen molar-refractivity contribution in [1.82, 2.24) is 20.3 Å². The molecule has 2 rings (SSSR count). The zero-order valence-electron chi connectivity index (χ0n) is 11.6. The van der Waals surface area contributed by atoms with Crippen molar-refractivity contribution in [2.75, 3.05) is 0 Å². The molecule has 0 aliphatic carbocycles. The van der Waals surface area contributed by atoms with Crippen LogP contribution in [0.3, 0.4) is 0 Å². The van der Waals surface area contributed by atoms with E-state index in [1.165, 1.54) is 10.9 Å². The molecule has 21 heavy (non-hydrogen) atoms. The van der Waals surface area contributed by atoms with E-state index in [9.17, 15) is 14.7 Å². The van der Waals surface area contributed by atoms with E-state index in [0.717, 1.165) is 5.56 Å². The fourth-order valence-corrected chi connectivity index (χ4v) is 1.75. The van der Waals surface area contributed by atoms with Gasteiger partial charge in [0, 0.05) is 0 Å². The van der Waals surface area contributed by atoms with Gasteiger partial charge in [0.05, 0.1) is 18.7 Å². The summed E-state index contributed by atoms with van der Waals surface area (Å²) in [6, 6.07) is 9.15. The fraction of sp³-hybridized carbons (Fsp3) is 0.286. The quantitative estimate of drug-likeness (QED) is 0.820. The van der Waals surface area contributed by atoms with Crippen LogP contribution in [0.5, 0.6) is 0 Å². The molecule has 1 aromatic carbocycles. The molecule has 0 bridgehead atoms.